The second kappa shape index (κ2) is 4.25. The first-order valence-electron chi connectivity index (χ1n) is 4.72. The number of thiophene rings is 1. The zero-order chi connectivity index (χ0) is 12.5. The highest BCUT2D eigenvalue weighted by atomic mass is 32.1. The number of carbonyl (C=O) groups excluding carboxylic acids is 1. The van der Waals surface area contributed by atoms with E-state index in [4.69, 9.17) is 5.11 Å². The monoisotopic (exact) mass is 242 g/mol. The number of carboxylic acid groups (broad SMARTS) is 1. The Labute approximate surface area is 97.9 Å². The van der Waals surface area contributed by atoms with E-state index < -0.39 is 17.4 Å². The summed E-state index contributed by atoms with van der Waals surface area (Å²) >= 11 is 1.11. The highest BCUT2D eigenvalue weighted by Gasteiger charge is 2.30. The van der Waals surface area contributed by atoms with E-state index in [-0.39, 0.29) is 5.56 Å². The van der Waals surface area contributed by atoms with E-state index in [0.717, 1.165) is 11.3 Å². The normalized spacial score (nSPS) is 11.2. The molecule has 1 N–H and O–H groups in total. The van der Waals surface area contributed by atoms with Gasteiger partial charge in [-0.05, 0) is 11.0 Å². The van der Waals surface area contributed by atoms with E-state index in [1.165, 1.54) is 12.5 Å². The third-order valence-electron chi connectivity index (χ3n) is 2.14. The van der Waals surface area contributed by atoms with Crippen molar-refractivity contribution < 1.29 is 19.4 Å². The fourth-order valence-corrected chi connectivity index (χ4v) is 2.67. The van der Waals surface area contributed by atoms with Crippen LogP contribution in [-0.4, -0.2) is 24.2 Å². The van der Waals surface area contributed by atoms with Crippen LogP contribution in [0.1, 0.15) is 46.4 Å². The zero-order valence-electron chi connectivity index (χ0n) is 9.66. The fourth-order valence-electron chi connectivity index (χ4n) is 1.50. The first kappa shape index (κ1) is 12.7. The molecule has 0 amide bonds. The summed E-state index contributed by atoms with van der Waals surface area (Å²) in [6, 6.07) is 0. The number of aromatic carboxylic acids is 1. The molecule has 0 saturated carbocycles. The third-order valence-corrected chi connectivity index (χ3v) is 3.10. The molecule has 1 heterocycles. The summed E-state index contributed by atoms with van der Waals surface area (Å²) in [6.07, 6.45) is 0. The Kier molecular flexibility index (Phi) is 3.38. The van der Waals surface area contributed by atoms with E-state index in [1.54, 1.807) is 0 Å². The van der Waals surface area contributed by atoms with Crippen LogP contribution in [0, 0.1) is 0 Å². The molecule has 1 aromatic rings. The highest BCUT2D eigenvalue weighted by Crippen LogP contribution is 2.34. The van der Waals surface area contributed by atoms with Gasteiger partial charge in [0, 0.05) is 5.38 Å². The van der Waals surface area contributed by atoms with E-state index in [2.05, 4.69) is 4.74 Å². The van der Waals surface area contributed by atoms with Gasteiger partial charge in [-0.25, -0.2) is 9.59 Å². The van der Waals surface area contributed by atoms with Gasteiger partial charge in [-0.15, -0.1) is 11.3 Å². The summed E-state index contributed by atoms with van der Waals surface area (Å²) in [5.41, 5.74) is 0.312. The zero-order valence-corrected chi connectivity index (χ0v) is 10.5. The predicted octanol–water partition coefficient (Wildman–Crippen LogP) is 2.53. The van der Waals surface area contributed by atoms with Gasteiger partial charge in [-0.2, -0.15) is 0 Å². The molecular formula is C11H14O4S. The lowest BCUT2D eigenvalue weighted by molar-refractivity contribution is 0.0604. The summed E-state index contributed by atoms with van der Waals surface area (Å²) < 4.78 is 4.64. The van der Waals surface area contributed by atoms with Crippen LogP contribution in [0.2, 0.25) is 0 Å². The van der Waals surface area contributed by atoms with Crippen LogP contribution in [-0.2, 0) is 10.2 Å². The van der Waals surface area contributed by atoms with Crippen molar-refractivity contribution in [2.45, 2.75) is 26.2 Å². The first-order valence-corrected chi connectivity index (χ1v) is 5.60. The molecule has 5 heteroatoms. The largest absolute Gasteiger partial charge is 0.478 e. The van der Waals surface area contributed by atoms with Crippen molar-refractivity contribution in [3.05, 3.63) is 21.4 Å². The summed E-state index contributed by atoms with van der Waals surface area (Å²) in [4.78, 5) is 22.9. The molecule has 0 fully saturated rings. The van der Waals surface area contributed by atoms with Gasteiger partial charge in [0.25, 0.3) is 0 Å². The van der Waals surface area contributed by atoms with Crippen LogP contribution >= 0.6 is 11.3 Å². The molecule has 1 aromatic heterocycles. The van der Waals surface area contributed by atoms with Crippen molar-refractivity contribution >= 4 is 23.3 Å². The van der Waals surface area contributed by atoms with Crippen LogP contribution in [0.3, 0.4) is 0 Å². The molecule has 0 aromatic carbocycles. The molecule has 88 valence electrons. The fraction of sp³-hybridized carbons (Fsp3) is 0.455. The van der Waals surface area contributed by atoms with Crippen molar-refractivity contribution in [3.63, 3.8) is 0 Å². The van der Waals surface area contributed by atoms with Crippen LogP contribution < -0.4 is 0 Å². The van der Waals surface area contributed by atoms with Crippen molar-refractivity contribution in [2.75, 3.05) is 7.11 Å². The number of methoxy groups -OCH3 is 1. The van der Waals surface area contributed by atoms with Gasteiger partial charge < -0.3 is 9.84 Å². The van der Waals surface area contributed by atoms with Crippen molar-refractivity contribution in [2.24, 2.45) is 0 Å². The number of rotatable bonds is 2. The molecular weight excluding hydrogens is 228 g/mol. The molecule has 0 spiro atoms. The molecule has 0 aliphatic heterocycles. The van der Waals surface area contributed by atoms with Crippen molar-refractivity contribution in [1.29, 1.82) is 0 Å². The molecule has 16 heavy (non-hydrogen) atoms. The number of carbonyl (C=O) groups is 2. The second-order valence-electron chi connectivity index (χ2n) is 4.40. The maximum atomic E-state index is 11.5. The topological polar surface area (TPSA) is 63.6 Å². The molecule has 0 aliphatic carbocycles. The lowest BCUT2D eigenvalue weighted by Gasteiger charge is -2.20. The third kappa shape index (κ3) is 2.24. The minimum absolute atomic E-state index is 0.179. The quantitative estimate of drug-likeness (QED) is 0.809. The smallest absolute Gasteiger partial charge is 0.348 e. The van der Waals surface area contributed by atoms with Gasteiger partial charge >= 0.3 is 11.9 Å². The molecule has 0 saturated heterocycles. The Morgan fingerprint density at radius 1 is 1.38 bits per heavy atom. The van der Waals surface area contributed by atoms with E-state index in [9.17, 15) is 9.59 Å². The van der Waals surface area contributed by atoms with E-state index in [0.29, 0.717) is 10.4 Å². The summed E-state index contributed by atoms with van der Waals surface area (Å²) in [6.45, 7) is 5.61. The molecule has 0 bridgehead atoms. The van der Waals surface area contributed by atoms with Crippen LogP contribution in [0.4, 0.5) is 0 Å². The number of esters is 1. The maximum Gasteiger partial charge on any atom is 0.348 e. The van der Waals surface area contributed by atoms with E-state index in [1.807, 2.05) is 20.8 Å². The number of carboxylic acids is 1. The van der Waals surface area contributed by atoms with Crippen molar-refractivity contribution in [1.82, 2.24) is 0 Å². The van der Waals surface area contributed by atoms with Crippen LogP contribution in [0.5, 0.6) is 0 Å². The van der Waals surface area contributed by atoms with Crippen molar-refractivity contribution in [3.8, 4) is 0 Å². The van der Waals surface area contributed by atoms with E-state index >= 15 is 0 Å². The highest BCUT2D eigenvalue weighted by molar-refractivity contribution is 7.12. The van der Waals surface area contributed by atoms with Crippen LogP contribution in [0.25, 0.3) is 0 Å². The standard InChI is InChI=1S/C11H14O4S/c1-11(2,3)7-6(9(12)13)5-16-8(7)10(14)15-4/h5H,1-4H3,(H,12,13). The van der Waals surface area contributed by atoms with Crippen LogP contribution in [0.15, 0.2) is 5.38 Å². The SMILES string of the molecule is COC(=O)c1scc(C(=O)O)c1C(C)(C)C. The average molecular weight is 242 g/mol. The molecule has 0 atom stereocenters. The predicted molar refractivity (Wildman–Crippen MR) is 61.3 cm³/mol. The average Bonchev–Trinajstić information content (AvgIpc) is 2.59. The lowest BCUT2D eigenvalue weighted by Crippen LogP contribution is -2.19. The Morgan fingerprint density at radius 3 is 2.31 bits per heavy atom. The van der Waals surface area contributed by atoms with Gasteiger partial charge in [0.2, 0.25) is 0 Å². The molecule has 1 rings (SSSR count). The summed E-state index contributed by atoms with van der Waals surface area (Å²) in [7, 11) is 1.29. The minimum Gasteiger partial charge on any atom is -0.478 e. The van der Waals surface area contributed by atoms with Gasteiger partial charge in [0.05, 0.1) is 12.7 Å². The number of hydrogen-bond acceptors (Lipinski definition) is 4. The Balaban J connectivity index is 3.43. The Hall–Kier alpha value is -1.36. The Morgan fingerprint density at radius 2 is 1.94 bits per heavy atom. The summed E-state index contributed by atoms with van der Waals surface area (Å²) in [5, 5.41) is 10.5. The maximum absolute atomic E-state index is 11.5. The number of ether oxygens (including phenoxy) is 1. The van der Waals surface area contributed by atoms with Gasteiger partial charge in [-0.1, -0.05) is 20.8 Å². The molecule has 0 aliphatic rings. The summed E-state index contributed by atoms with van der Waals surface area (Å²) in [5.74, 6) is -1.50. The minimum atomic E-state index is -1.02. The molecule has 0 unspecified atom stereocenters. The number of hydrogen-bond donors (Lipinski definition) is 1. The second-order valence-corrected chi connectivity index (χ2v) is 5.28. The lowest BCUT2D eigenvalue weighted by atomic mass is 9.84. The van der Waals surface area contributed by atoms with Gasteiger partial charge in [0.15, 0.2) is 0 Å². The van der Waals surface area contributed by atoms with Gasteiger partial charge in [-0.3, -0.25) is 0 Å². The van der Waals surface area contributed by atoms with Gasteiger partial charge in [0.1, 0.15) is 4.88 Å². The Bertz CT molecular complexity index is 426. The molecule has 0 radical (unpaired) electrons. The molecule has 4 nitrogen and oxygen atoms in total. The first-order chi connectivity index (χ1) is 7.29.